The molecule has 3 aromatic carbocycles. The number of carbonyl (C=O) groups is 1. The maximum Gasteiger partial charge on any atom is 0.233 e. The van der Waals surface area contributed by atoms with E-state index < -0.39 is 0 Å². The zero-order valence-corrected chi connectivity index (χ0v) is 25.3. The molecule has 0 saturated carbocycles. The van der Waals surface area contributed by atoms with E-state index in [-0.39, 0.29) is 11.7 Å². The van der Waals surface area contributed by atoms with Crippen LogP contribution in [0.5, 0.6) is 0 Å². The molecule has 1 aliphatic heterocycles. The summed E-state index contributed by atoms with van der Waals surface area (Å²) in [7, 11) is 0. The van der Waals surface area contributed by atoms with Crippen LogP contribution in [0.3, 0.4) is 0 Å². The molecule has 1 amide bonds. The van der Waals surface area contributed by atoms with Crippen LogP contribution in [-0.4, -0.2) is 70.7 Å². The lowest BCUT2D eigenvalue weighted by Gasteiger charge is -2.35. The number of carbonyl (C=O) groups excluding carboxylic acids is 1. The number of thioether (sulfide) groups is 1. The third kappa shape index (κ3) is 9.18. The number of hydrogen-bond acceptors (Lipinski definition) is 6. The van der Waals surface area contributed by atoms with Crippen molar-refractivity contribution < 1.29 is 4.79 Å². The van der Waals surface area contributed by atoms with Crippen molar-refractivity contribution in [3.05, 3.63) is 125 Å². The fourth-order valence-electron chi connectivity index (χ4n) is 4.90. The Bertz CT molecular complexity index is 1430. The first-order valence-corrected chi connectivity index (χ1v) is 15.7. The predicted molar refractivity (Wildman–Crippen MR) is 174 cm³/mol. The normalized spacial score (nSPS) is 13.9. The van der Waals surface area contributed by atoms with Crippen LogP contribution in [0, 0.1) is 0 Å². The predicted octanol–water partition coefficient (Wildman–Crippen LogP) is 6.33. The zero-order chi connectivity index (χ0) is 29.0. The third-order valence-corrected chi connectivity index (χ3v) is 8.26. The van der Waals surface area contributed by atoms with Crippen LogP contribution < -0.4 is 4.90 Å². The van der Waals surface area contributed by atoms with E-state index in [0.717, 1.165) is 50.5 Å². The van der Waals surface area contributed by atoms with Crippen molar-refractivity contribution in [1.29, 1.82) is 0 Å². The molecule has 0 unspecified atom stereocenters. The Morgan fingerprint density at radius 2 is 1.50 bits per heavy atom. The molecule has 6 nitrogen and oxygen atoms in total. The summed E-state index contributed by atoms with van der Waals surface area (Å²) in [6.45, 7) is 5.74. The second-order valence-electron chi connectivity index (χ2n) is 10.3. The minimum absolute atomic E-state index is 0.0575. The molecule has 0 atom stereocenters. The smallest absolute Gasteiger partial charge is 0.233 e. The minimum Gasteiger partial charge on any atom is -0.354 e. The quantitative estimate of drug-likeness (QED) is 0.108. The van der Waals surface area contributed by atoms with Crippen LogP contribution in [-0.2, 0) is 17.8 Å². The summed E-state index contributed by atoms with van der Waals surface area (Å²) in [4.78, 5) is 29.2. The Balaban J connectivity index is 1.16. The number of amides is 1. The molecule has 1 saturated heterocycles. The maximum atomic E-state index is 13.4. The second kappa shape index (κ2) is 15.5. The molecule has 2 heterocycles. The van der Waals surface area contributed by atoms with Gasteiger partial charge in [0.05, 0.1) is 5.75 Å². The first kappa shape index (κ1) is 29.8. The molecule has 0 radical (unpaired) electrons. The molecule has 0 spiro atoms. The Morgan fingerprint density at radius 3 is 2.19 bits per heavy atom. The van der Waals surface area contributed by atoms with Crippen molar-refractivity contribution >= 4 is 41.2 Å². The molecule has 8 heteroatoms. The number of piperazine rings is 1. The van der Waals surface area contributed by atoms with Gasteiger partial charge in [-0.15, -0.1) is 0 Å². The average molecular weight is 598 g/mol. The van der Waals surface area contributed by atoms with Gasteiger partial charge in [0, 0.05) is 51.9 Å². The molecule has 1 fully saturated rings. The Kier molecular flexibility index (Phi) is 11.0. The highest BCUT2D eigenvalue weighted by Gasteiger charge is 2.20. The van der Waals surface area contributed by atoms with Gasteiger partial charge in [0.25, 0.3) is 0 Å². The van der Waals surface area contributed by atoms with Gasteiger partial charge in [0.15, 0.2) is 5.16 Å². The van der Waals surface area contributed by atoms with E-state index in [1.165, 1.54) is 22.9 Å². The molecule has 0 N–H and O–H groups in total. The summed E-state index contributed by atoms with van der Waals surface area (Å²) in [6, 6.07) is 32.6. The van der Waals surface area contributed by atoms with Crippen molar-refractivity contribution in [3.8, 4) is 0 Å². The van der Waals surface area contributed by atoms with Gasteiger partial charge >= 0.3 is 0 Å². The summed E-state index contributed by atoms with van der Waals surface area (Å²) in [6.07, 6.45) is 5.19. The van der Waals surface area contributed by atoms with Crippen molar-refractivity contribution in [2.24, 2.45) is 0 Å². The van der Waals surface area contributed by atoms with Gasteiger partial charge in [-0.1, -0.05) is 127 Å². The fraction of sp³-hybridized carbons (Fsp3) is 0.265. The molecule has 1 aromatic heterocycles. The molecule has 4 aromatic rings. The number of hydrogen-bond donors (Lipinski definition) is 0. The molecule has 42 heavy (non-hydrogen) atoms. The van der Waals surface area contributed by atoms with Gasteiger partial charge in [-0.2, -0.15) is 0 Å². The highest BCUT2D eigenvalue weighted by molar-refractivity contribution is 7.99. The average Bonchev–Trinajstić information content (AvgIpc) is 3.03. The van der Waals surface area contributed by atoms with Crippen LogP contribution in [0.2, 0.25) is 5.15 Å². The van der Waals surface area contributed by atoms with Crippen molar-refractivity contribution in [2.75, 3.05) is 49.9 Å². The van der Waals surface area contributed by atoms with Crippen LogP contribution in [0.15, 0.2) is 108 Å². The van der Waals surface area contributed by atoms with E-state index in [9.17, 15) is 4.79 Å². The fourth-order valence-corrected chi connectivity index (χ4v) is 5.88. The lowest BCUT2D eigenvalue weighted by molar-refractivity contribution is -0.128. The molecule has 1 aliphatic rings. The molecular weight excluding hydrogens is 562 g/mol. The Morgan fingerprint density at radius 1 is 0.857 bits per heavy atom. The number of benzene rings is 3. The molecule has 5 rings (SSSR count). The van der Waals surface area contributed by atoms with Gasteiger partial charge in [0.1, 0.15) is 11.0 Å². The van der Waals surface area contributed by atoms with Crippen molar-refractivity contribution in [3.63, 3.8) is 0 Å². The van der Waals surface area contributed by atoms with Crippen LogP contribution >= 0.6 is 23.4 Å². The lowest BCUT2D eigenvalue weighted by atomic mass is 10.1. The number of anilines is 1. The highest BCUT2D eigenvalue weighted by Crippen LogP contribution is 2.23. The SMILES string of the molecule is O=C(CSc1nc(Cl)cc(N2CCN(CC=Cc3ccccc3)CC2)n1)N(CCc1ccccc1)Cc1ccccc1. The first-order valence-electron chi connectivity index (χ1n) is 14.3. The van der Waals surface area contributed by atoms with Crippen LogP contribution in [0.1, 0.15) is 16.7 Å². The topological polar surface area (TPSA) is 52.6 Å². The number of rotatable bonds is 12. The summed E-state index contributed by atoms with van der Waals surface area (Å²) in [5.74, 6) is 1.12. The van der Waals surface area contributed by atoms with Crippen molar-refractivity contribution in [2.45, 2.75) is 18.1 Å². The molecule has 0 bridgehead atoms. The van der Waals surface area contributed by atoms with Gasteiger partial charge in [0.2, 0.25) is 5.91 Å². The van der Waals surface area contributed by atoms with E-state index in [2.05, 4.69) is 75.5 Å². The second-order valence-corrected chi connectivity index (χ2v) is 11.6. The summed E-state index contributed by atoms with van der Waals surface area (Å²) < 4.78 is 0. The van der Waals surface area contributed by atoms with Gasteiger partial charge in [-0.05, 0) is 23.1 Å². The van der Waals surface area contributed by atoms with Crippen LogP contribution in [0.4, 0.5) is 5.82 Å². The van der Waals surface area contributed by atoms with Crippen LogP contribution in [0.25, 0.3) is 6.08 Å². The van der Waals surface area contributed by atoms with E-state index in [0.29, 0.717) is 23.4 Å². The highest BCUT2D eigenvalue weighted by atomic mass is 35.5. The van der Waals surface area contributed by atoms with Gasteiger partial charge in [-0.3, -0.25) is 9.69 Å². The lowest BCUT2D eigenvalue weighted by Crippen LogP contribution is -2.46. The maximum absolute atomic E-state index is 13.4. The van der Waals surface area contributed by atoms with E-state index in [1.54, 1.807) is 0 Å². The number of halogens is 1. The third-order valence-electron chi connectivity index (χ3n) is 7.24. The standard InChI is InChI=1S/C34H36ClN5OS/c35-31-25-32(39-23-21-38(22-24-39)19-10-17-28-11-4-1-5-12-28)37-34(36-31)42-27-33(41)40(26-30-15-8-3-9-16-30)20-18-29-13-6-2-7-14-29/h1-17,25H,18-24,26-27H2. The molecule has 216 valence electrons. The molecule has 0 aliphatic carbocycles. The van der Waals surface area contributed by atoms with Gasteiger partial charge < -0.3 is 9.80 Å². The zero-order valence-electron chi connectivity index (χ0n) is 23.7. The van der Waals surface area contributed by atoms with E-state index in [4.69, 9.17) is 16.6 Å². The Labute approximate surface area is 258 Å². The Hall–Kier alpha value is -3.65. The van der Waals surface area contributed by atoms with Crippen molar-refractivity contribution in [1.82, 2.24) is 19.8 Å². The van der Waals surface area contributed by atoms with E-state index in [1.807, 2.05) is 53.4 Å². The summed E-state index contributed by atoms with van der Waals surface area (Å²) in [5.41, 5.74) is 3.54. The van der Waals surface area contributed by atoms with E-state index >= 15 is 0 Å². The summed E-state index contributed by atoms with van der Waals surface area (Å²) in [5, 5.41) is 0.926. The number of nitrogens with zero attached hydrogens (tertiary/aromatic N) is 5. The number of aromatic nitrogens is 2. The molecular formula is C34H36ClN5OS. The van der Waals surface area contributed by atoms with Gasteiger partial charge in [-0.25, -0.2) is 9.97 Å². The minimum atomic E-state index is 0.0575. The monoisotopic (exact) mass is 597 g/mol. The largest absolute Gasteiger partial charge is 0.354 e. The first-order chi connectivity index (χ1) is 20.6. The summed E-state index contributed by atoms with van der Waals surface area (Å²) >= 11 is 7.77.